The Morgan fingerprint density at radius 3 is 2.73 bits per heavy atom. The van der Waals surface area contributed by atoms with Crippen LogP contribution in [0, 0.1) is 5.92 Å². The van der Waals surface area contributed by atoms with Crippen LogP contribution in [0.1, 0.15) is 43.0 Å². The van der Waals surface area contributed by atoms with Gasteiger partial charge in [0, 0.05) is 12.4 Å². The molecule has 0 bridgehead atoms. The fourth-order valence-electron chi connectivity index (χ4n) is 3.40. The largest absolute Gasteiger partial charge is 0.480 e. The summed E-state index contributed by atoms with van der Waals surface area (Å²) in [4.78, 5) is 29.8. The molecule has 1 aliphatic carbocycles. The van der Waals surface area contributed by atoms with Gasteiger partial charge in [0.2, 0.25) is 0 Å². The molecule has 0 radical (unpaired) electrons. The Hall–Kier alpha value is -1.95. The van der Waals surface area contributed by atoms with Crippen molar-refractivity contribution in [2.45, 2.75) is 44.4 Å². The smallest absolute Gasteiger partial charge is 0.328 e. The van der Waals surface area contributed by atoms with Crippen molar-refractivity contribution >= 4 is 11.9 Å². The van der Waals surface area contributed by atoms with Crippen molar-refractivity contribution in [3.63, 3.8) is 0 Å². The lowest BCUT2D eigenvalue weighted by Gasteiger charge is -2.42. The van der Waals surface area contributed by atoms with Gasteiger partial charge in [-0.3, -0.25) is 14.7 Å². The minimum atomic E-state index is -1.02. The van der Waals surface area contributed by atoms with E-state index in [4.69, 9.17) is 4.74 Å². The van der Waals surface area contributed by atoms with Crippen LogP contribution in [0.25, 0.3) is 0 Å². The van der Waals surface area contributed by atoms with Crippen LogP contribution in [0.3, 0.4) is 0 Å². The second kappa shape index (κ2) is 5.68. The van der Waals surface area contributed by atoms with Gasteiger partial charge in [-0.1, -0.05) is 6.92 Å². The van der Waals surface area contributed by atoms with E-state index in [9.17, 15) is 14.7 Å². The molecule has 6 heteroatoms. The maximum atomic E-state index is 12.9. The zero-order valence-electron chi connectivity index (χ0n) is 12.6. The minimum Gasteiger partial charge on any atom is -0.480 e. The average molecular weight is 304 g/mol. The Labute approximate surface area is 129 Å². The Morgan fingerprint density at radius 2 is 2.14 bits per heavy atom. The zero-order chi connectivity index (χ0) is 15.7. The van der Waals surface area contributed by atoms with E-state index in [1.165, 1.54) is 11.1 Å². The normalized spacial score (nSPS) is 31.4. The number of aromatic nitrogens is 1. The molecule has 1 amide bonds. The van der Waals surface area contributed by atoms with Crippen molar-refractivity contribution in [2.75, 3.05) is 6.61 Å². The molecule has 1 N–H and O–H groups in total. The van der Waals surface area contributed by atoms with Crippen molar-refractivity contribution in [1.29, 1.82) is 0 Å². The van der Waals surface area contributed by atoms with Gasteiger partial charge in [0.1, 0.15) is 5.72 Å². The highest BCUT2D eigenvalue weighted by molar-refractivity contribution is 5.97. The van der Waals surface area contributed by atoms with E-state index in [1.54, 1.807) is 18.3 Å². The Bertz CT molecular complexity index is 567. The Kier molecular flexibility index (Phi) is 3.87. The summed E-state index contributed by atoms with van der Waals surface area (Å²) < 4.78 is 5.86. The van der Waals surface area contributed by atoms with Crippen LogP contribution in [0.4, 0.5) is 0 Å². The maximum Gasteiger partial charge on any atom is 0.328 e. The number of carbonyl (C=O) groups excluding carboxylic acids is 1. The highest BCUT2D eigenvalue weighted by atomic mass is 16.5. The standard InChI is InChI=1S/C16H20N2O4/c1-11-4-6-16(7-5-11)18(13(10-22-16)15(20)21)14(19)12-3-2-8-17-9-12/h2-3,8-9,11,13H,4-7,10H2,1H3,(H,20,21). The molecule has 0 aromatic carbocycles. The van der Waals surface area contributed by atoms with E-state index in [0.717, 1.165) is 12.8 Å². The fourth-order valence-corrected chi connectivity index (χ4v) is 3.40. The molecule has 1 saturated carbocycles. The second-order valence-electron chi connectivity index (χ2n) is 6.21. The van der Waals surface area contributed by atoms with Crippen molar-refractivity contribution in [2.24, 2.45) is 5.92 Å². The molecule has 3 rings (SSSR count). The summed E-state index contributed by atoms with van der Waals surface area (Å²) in [6.45, 7) is 2.22. The highest BCUT2D eigenvalue weighted by Gasteiger charge is 2.53. The van der Waals surface area contributed by atoms with E-state index >= 15 is 0 Å². The molecule has 1 saturated heterocycles. The van der Waals surface area contributed by atoms with Gasteiger partial charge in [0.15, 0.2) is 6.04 Å². The van der Waals surface area contributed by atoms with Crippen molar-refractivity contribution < 1.29 is 19.4 Å². The number of rotatable bonds is 2. The van der Waals surface area contributed by atoms with Crippen molar-refractivity contribution in [1.82, 2.24) is 9.88 Å². The van der Waals surface area contributed by atoms with Gasteiger partial charge in [0.05, 0.1) is 12.2 Å². The topological polar surface area (TPSA) is 79.7 Å². The van der Waals surface area contributed by atoms with Crippen LogP contribution in [-0.4, -0.2) is 45.2 Å². The van der Waals surface area contributed by atoms with E-state index in [-0.39, 0.29) is 12.5 Å². The number of amides is 1. The molecular weight excluding hydrogens is 284 g/mol. The zero-order valence-corrected chi connectivity index (χ0v) is 12.6. The lowest BCUT2D eigenvalue weighted by atomic mass is 9.83. The summed E-state index contributed by atoms with van der Waals surface area (Å²) in [7, 11) is 0. The summed E-state index contributed by atoms with van der Waals surface area (Å²) in [5.41, 5.74) is -0.375. The van der Waals surface area contributed by atoms with Gasteiger partial charge in [-0.25, -0.2) is 4.79 Å². The van der Waals surface area contributed by atoms with Gasteiger partial charge in [-0.2, -0.15) is 0 Å². The van der Waals surface area contributed by atoms with E-state index in [0.29, 0.717) is 24.3 Å². The van der Waals surface area contributed by atoms with Gasteiger partial charge in [-0.15, -0.1) is 0 Å². The van der Waals surface area contributed by atoms with Crippen molar-refractivity contribution in [3.8, 4) is 0 Å². The summed E-state index contributed by atoms with van der Waals surface area (Å²) in [5, 5.41) is 9.46. The fraction of sp³-hybridized carbons (Fsp3) is 0.562. The monoisotopic (exact) mass is 304 g/mol. The highest BCUT2D eigenvalue weighted by Crippen LogP contribution is 2.42. The number of carboxylic acids is 1. The van der Waals surface area contributed by atoms with Gasteiger partial charge < -0.3 is 9.84 Å². The number of carboxylic acid groups (broad SMARTS) is 1. The molecule has 2 aliphatic rings. The molecule has 1 spiro atoms. The molecular formula is C16H20N2O4. The molecule has 1 aliphatic heterocycles. The molecule has 1 aromatic rings. The number of nitrogens with zero attached hydrogens (tertiary/aromatic N) is 2. The first kappa shape index (κ1) is 15.0. The van der Waals surface area contributed by atoms with Gasteiger partial charge >= 0.3 is 5.97 Å². The maximum absolute atomic E-state index is 12.9. The average Bonchev–Trinajstić information content (AvgIpc) is 2.90. The number of carbonyl (C=O) groups is 2. The van der Waals surface area contributed by atoms with Crippen LogP contribution in [0.2, 0.25) is 0 Å². The lowest BCUT2D eigenvalue weighted by Crippen LogP contribution is -2.55. The van der Waals surface area contributed by atoms with E-state index in [2.05, 4.69) is 11.9 Å². The number of ether oxygens (including phenoxy) is 1. The lowest BCUT2D eigenvalue weighted by molar-refractivity contribution is -0.143. The first-order valence-corrected chi connectivity index (χ1v) is 7.64. The SMILES string of the molecule is CC1CCC2(CC1)OCC(C(=O)O)N2C(=O)c1cccnc1. The van der Waals surface area contributed by atoms with Gasteiger partial charge in [-0.05, 0) is 43.7 Å². The first-order chi connectivity index (χ1) is 10.5. The summed E-state index contributed by atoms with van der Waals surface area (Å²) >= 11 is 0. The predicted molar refractivity (Wildman–Crippen MR) is 78.1 cm³/mol. The third-order valence-corrected chi connectivity index (χ3v) is 4.73. The number of aliphatic carboxylic acids is 1. The quantitative estimate of drug-likeness (QED) is 0.903. The first-order valence-electron chi connectivity index (χ1n) is 7.64. The molecule has 1 atom stereocenters. The number of pyridine rings is 1. The molecule has 6 nitrogen and oxygen atoms in total. The van der Waals surface area contributed by atoms with E-state index in [1.807, 2.05) is 0 Å². The summed E-state index contributed by atoms with van der Waals surface area (Å²) in [5.74, 6) is -0.756. The minimum absolute atomic E-state index is 0.0513. The van der Waals surface area contributed by atoms with Crippen molar-refractivity contribution in [3.05, 3.63) is 30.1 Å². The molecule has 1 unspecified atom stereocenters. The second-order valence-corrected chi connectivity index (χ2v) is 6.21. The molecule has 1 aromatic heterocycles. The Balaban J connectivity index is 1.94. The summed E-state index contributed by atoms with van der Waals surface area (Å²) in [6.07, 6.45) is 6.29. The van der Waals surface area contributed by atoms with Crippen LogP contribution < -0.4 is 0 Å². The molecule has 2 fully saturated rings. The predicted octanol–water partition coefficient (Wildman–Crippen LogP) is 1.91. The number of hydrogen-bond donors (Lipinski definition) is 1. The van der Waals surface area contributed by atoms with Crippen LogP contribution in [-0.2, 0) is 9.53 Å². The number of hydrogen-bond acceptors (Lipinski definition) is 4. The van der Waals surface area contributed by atoms with E-state index < -0.39 is 17.7 Å². The molecule has 22 heavy (non-hydrogen) atoms. The third-order valence-electron chi connectivity index (χ3n) is 4.73. The Morgan fingerprint density at radius 1 is 1.41 bits per heavy atom. The summed E-state index contributed by atoms with van der Waals surface area (Å²) in [6, 6.07) is 2.41. The van der Waals surface area contributed by atoms with Crippen LogP contribution in [0.15, 0.2) is 24.5 Å². The van der Waals surface area contributed by atoms with Crippen LogP contribution in [0.5, 0.6) is 0 Å². The van der Waals surface area contributed by atoms with Gasteiger partial charge in [0.25, 0.3) is 5.91 Å². The molecule has 118 valence electrons. The van der Waals surface area contributed by atoms with Crippen LogP contribution >= 0.6 is 0 Å². The molecule has 2 heterocycles. The third kappa shape index (κ3) is 2.47.